The third-order valence-corrected chi connectivity index (χ3v) is 13.1. The fraction of sp³-hybridized carbons (Fsp3) is 0.103. The molecule has 0 saturated carbocycles. The van der Waals surface area contributed by atoms with Crippen molar-refractivity contribution in [1.29, 1.82) is 0 Å². The van der Waals surface area contributed by atoms with Crippen molar-refractivity contribution in [3.63, 3.8) is 0 Å². The van der Waals surface area contributed by atoms with Crippen molar-refractivity contribution in [2.45, 2.75) is 47.3 Å². The van der Waals surface area contributed by atoms with Gasteiger partial charge in [0, 0.05) is 44.3 Å². The molecule has 7 rings (SSSR count). The number of hydrogen-bond acceptors (Lipinski definition) is 17. The molecule has 0 unspecified atom stereocenters. The van der Waals surface area contributed by atoms with Crippen LogP contribution >= 0.6 is 0 Å². The first kappa shape index (κ1) is 47.6. The van der Waals surface area contributed by atoms with E-state index < -0.39 is 65.7 Å². The van der Waals surface area contributed by atoms with Crippen molar-refractivity contribution in [2.24, 2.45) is 10.2 Å². The predicted molar refractivity (Wildman–Crippen MR) is 241 cm³/mol. The molecule has 0 fully saturated rings. The number of azo groups is 1. The fourth-order valence-electron chi connectivity index (χ4n) is 6.46. The molecular formula is C39H37N9O13S4. The lowest BCUT2D eigenvalue weighted by Gasteiger charge is -2.13. The number of H-pyrrole nitrogens is 1. The van der Waals surface area contributed by atoms with E-state index in [1.165, 1.54) is 36.4 Å². The van der Waals surface area contributed by atoms with Gasteiger partial charge in [0.15, 0.2) is 0 Å². The molecule has 0 aliphatic carbocycles. The van der Waals surface area contributed by atoms with E-state index in [0.717, 1.165) is 35.4 Å². The summed E-state index contributed by atoms with van der Waals surface area (Å²) >= 11 is 0. The molecule has 0 spiro atoms. The Kier molecular flexibility index (Phi) is 12.9. The second kappa shape index (κ2) is 17.6. The summed E-state index contributed by atoms with van der Waals surface area (Å²) in [6.45, 7) is 7.23. The van der Waals surface area contributed by atoms with Crippen LogP contribution in [0.25, 0.3) is 21.5 Å². The zero-order valence-corrected chi connectivity index (χ0v) is 37.4. The number of nitrogens with one attached hydrogen (secondary N) is 3. The van der Waals surface area contributed by atoms with E-state index >= 15 is 0 Å². The van der Waals surface area contributed by atoms with E-state index in [9.17, 15) is 47.6 Å². The van der Waals surface area contributed by atoms with Crippen LogP contribution in [0.4, 0.5) is 46.0 Å². The Bertz CT molecular complexity index is 3660. The van der Waals surface area contributed by atoms with Crippen LogP contribution in [0.5, 0.6) is 0 Å². The average molecular weight is 968 g/mol. The number of nitrogen functional groups attached to an aromatic ring is 2. The molecule has 11 N–H and O–H groups in total. The molecule has 0 radical (unpaired) electrons. The first-order valence-corrected chi connectivity index (χ1v) is 24.1. The topological polar surface area (TPSA) is 377 Å². The van der Waals surface area contributed by atoms with E-state index in [1.54, 1.807) is 32.0 Å². The Morgan fingerprint density at radius 2 is 1.05 bits per heavy atom. The summed E-state index contributed by atoms with van der Waals surface area (Å²) in [4.78, 5) is 21.0. The average Bonchev–Trinajstić information content (AvgIpc) is 3.18. The van der Waals surface area contributed by atoms with Gasteiger partial charge < -0.3 is 22.1 Å². The predicted octanol–water partition coefficient (Wildman–Crippen LogP) is 6.45. The maximum atomic E-state index is 12.3. The molecule has 26 heteroatoms. The molecule has 6 aromatic carbocycles. The minimum Gasteiger partial charge on any atom is -0.399 e. The van der Waals surface area contributed by atoms with Crippen molar-refractivity contribution in [3.8, 4) is 0 Å². The van der Waals surface area contributed by atoms with Crippen LogP contribution in [0.3, 0.4) is 0 Å². The highest BCUT2D eigenvalue weighted by atomic mass is 32.2. The first-order chi connectivity index (χ1) is 30.1. The van der Waals surface area contributed by atoms with Gasteiger partial charge >= 0.3 is 5.69 Å². The summed E-state index contributed by atoms with van der Waals surface area (Å²) in [7, 11) is -18.7. The number of aromatic nitrogens is 3. The molecule has 22 nitrogen and oxygen atoms in total. The summed E-state index contributed by atoms with van der Waals surface area (Å²) < 4.78 is 131. The Balaban J connectivity index is 0.000000307. The second-order valence-corrected chi connectivity index (χ2v) is 19.9. The van der Waals surface area contributed by atoms with Gasteiger partial charge in [-0.3, -0.25) is 23.2 Å². The number of aryl methyl sites for hydroxylation is 4. The smallest absolute Gasteiger partial charge is 0.351 e. The summed E-state index contributed by atoms with van der Waals surface area (Å²) in [6, 6.07) is 18.8. The van der Waals surface area contributed by atoms with E-state index in [2.05, 4.69) is 35.8 Å². The number of hydrogen-bond donors (Lipinski definition) is 9. The van der Waals surface area contributed by atoms with Crippen LogP contribution in [0.1, 0.15) is 22.3 Å². The zero-order valence-electron chi connectivity index (χ0n) is 34.1. The third kappa shape index (κ3) is 10.9. The summed E-state index contributed by atoms with van der Waals surface area (Å²) in [6.07, 6.45) is 0. The minimum atomic E-state index is -4.81. The number of aromatic amines is 1. The Morgan fingerprint density at radius 1 is 0.538 bits per heavy atom. The summed E-state index contributed by atoms with van der Waals surface area (Å²) in [5, 5.41) is 14.0. The van der Waals surface area contributed by atoms with Gasteiger partial charge in [0.1, 0.15) is 19.6 Å². The molecule has 1 heterocycles. The van der Waals surface area contributed by atoms with E-state index in [-0.39, 0.29) is 44.8 Å². The molecule has 0 saturated heterocycles. The Morgan fingerprint density at radius 3 is 1.62 bits per heavy atom. The lowest BCUT2D eigenvalue weighted by Crippen LogP contribution is -2.17. The van der Waals surface area contributed by atoms with Gasteiger partial charge in [-0.05, 0) is 111 Å². The van der Waals surface area contributed by atoms with Crippen molar-refractivity contribution in [2.75, 3.05) is 22.1 Å². The fourth-order valence-corrected chi connectivity index (χ4v) is 9.33. The normalized spacial score (nSPS) is 12.3. The van der Waals surface area contributed by atoms with Crippen LogP contribution in [0.15, 0.2) is 120 Å². The van der Waals surface area contributed by atoms with Crippen LogP contribution in [0, 0.1) is 27.7 Å². The zero-order chi connectivity index (χ0) is 48.0. The highest BCUT2D eigenvalue weighted by Gasteiger charge is 2.23. The van der Waals surface area contributed by atoms with E-state index in [4.69, 9.17) is 20.6 Å². The lowest BCUT2D eigenvalue weighted by molar-refractivity contribution is 0.481. The van der Waals surface area contributed by atoms with Gasteiger partial charge in [-0.1, -0.05) is 24.3 Å². The molecule has 7 aromatic rings. The monoisotopic (exact) mass is 967 g/mol. The Hall–Kier alpha value is -6.91. The SMILES string of the molecule is Cc1cc(Nc2nc(Nc3cc(C)c(N=Nc4cc(S(=O)(=O)O)c5cccc(S(=O)(=O)O)c5c4)cc3C)[nH]c(=O)n2)c(C)cc1N.Nc1cc(S(=O)(=O)O)c2cccc(S(=O)(=O)O)c2c1. The summed E-state index contributed by atoms with van der Waals surface area (Å²) in [5.74, 6) is 0.183. The highest BCUT2D eigenvalue weighted by Crippen LogP contribution is 2.36. The molecule has 0 aliphatic heterocycles. The van der Waals surface area contributed by atoms with Gasteiger partial charge in [0.2, 0.25) is 11.9 Å². The number of rotatable bonds is 10. The van der Waals surface area contributed by atoms with Crippen molar-refractivity contribution in [3.05, 3.63) is 118 Å². The maximum Gasteiger partial charge on any atom is 0.351 e. The van der Waals surface area contributed by atoms with Crippen molar-refractivity contribution in [1.82, 2.24) is 15.0 Å². The van der Waals surface area contributed by atoms with Crippen LogP contribution in [-0.2, 0) is 40.5 Å². The third-order valence-electron chi connectivity index (χ3n) is 9.53. The number of nitrogens with zero attached hydrogens (tertiary/aromatic N) is 4. The van der Waals surface area contributed by atoms with Crippen molar-refractivity contribution < 1.29 is 51.9 Å². The van der Waals surface area contributed by atoms with Gasteiger partial charge in [-0.25, -0.2) is 4.79 Å². The quantitative estimate of drug-likeness (QED) is 0.0404. The minimum absolute atomic E-state index is 0.0492. The summed E-state index contributed by atoms with van der Waals surface area (Å²) in [5.41, 5.74) is 15.9. The standard InChI is InChI=1S/C29H28N8O7S2.C10H9NO6S2/c1-14-9-22(15(2)8-21(14)30)31-27-33-28(35-29(38)34-27)32-23-10-17(4)24(11-16(23)3)37-36-18-12-20-19(26(13-18)46(42,43)44)6-5-7-25(20)45(39,40)41;11-6-4-8-7(10(5-6)19(15,16)17)2-1-3-9(8)18(12,13)14/h5-13H,30H2,1-4H3,(H,39,40,41)(H,42,43,44)(H3,31,32,33,34,35,38);1-5H,11H2,(H,12,13,14)(H,15,16,17). The van der Waals surface area contributed by atoms with Gasteiger partial charge in [0.25, 0.3) is 40.5 Å². The number of anilines is 6. The van der Waals surface area contributed by atoms with Gasteiger partial charge in [0.05, 0.1) is 11.4 Å². The molecule has 65 heavy (non-hydrogen) atoms. The van der Waals surface area contributed by atoms with Crippen molar-refractivity contribution >= 4 is 108 Å². The molecule has 0 atom stereocenters. The molecule has 0 aliphatic rings. The molecule has 0 amide bonds. The van der Waals surface area contributed by atoms with Crippen LogP contribution < -0.4 is 27.8 Å². The van der Waals surface area contributed by atoms with Gasteiger partial charge in [-0.15, -0.1) is 0 Å². The maximum absolute atomic E-state index is 12.3. The van der Waals surface area contributed by atoms with E-state index in [0.29, 0.717) is 33.9 Å². The molecule has 1 aromatic heterocycles. The molecule has 0 bridgehead atoms. The largest absolute Gasteiger partial charge is 0.399 e. The molecule has 340 valence electrons. The van der Waals surface area contributed by atoms with Crippen LogP contribution in [0.2, 0.25) is 0 Å². The lowest BCUT2D eigenvalue weighted by atomic mass is 10.1. The highest BCUT2D eigenvalue weighted by molar-refractivity contribution is 7.87. The number of nitrogens with two attached hydrogens (primary N) is 2. The number of benzene rings is 6. The van der Waals surface area contributed by atoms with Crippen LogP contribution in [-0.4, -0.2) is 66.8 Å². The first-order valence-electron chi connectivity index (χ1n) is 18.3. The molecular weight excluding hydrogens is 931 g/mol. The van der Waals surface area contributed by atoms with E-state index in [1.807, 2.05) is 19.9 Å². The second-order valence-electron chi connectivity index (χ2n) is 14.3. The number of fused-ring (bicyclic) bond motifs is 2. The van der Waals surface area contributed by atoms with Gasteiger partial charge in [-0.2, -0.15) is 53.9 Å². The Labute approximate surface area is 370 Å².